The summed E-state index contributed by atoms with van der Waals surface area (Å²) in [5.41, 5.74) is 2.15. The zero-order valence-corrected chi connectivity index (χ0v) is 15.1. The Bertz CT molecular complexity index is 722. The number of benzene rings is 1. The van der Waals surface area contributed by atoms with Gasteiger partial charge in [-0.1, -0.05) is 6.07 Å². The van der Waals surface area contributed by atoms with Gasteiger partial charge in [-0.25, -0.2) is 4.79 Å². The maximum atomic E-state index is 12.1. The summed E-state index contributed by atoms with van der Waals surface area (Å²) in [6, 6.07) is 8.79. The predicted molar refractivity (Wildman–Crippen MR) is 96.0 cm³/mol. The Morgan fingerprint density at radius 1 is 1.12 bits per heavy atom. The summed E-state index contributed by atoms with van der Waals surface area (Å²) in [5, 5.41) is 1.28. The molecule has 1 saturated heterocycles. The van der Waals surface area contributed by atoms with Crippen LogP contribution in [0.4, 0.5) is 4.79 Å². The largest absolute Gasteiger partial charge is 0.444 e. The molecule has 1 aromatic heterocycles. The van der Waals surface area contributed by atoms with Gasteiger partial charge in [0.25, 0.3) is 0 Å². The van der Waals surface area contributed by atoms with E-state index >= 15 is 0 Å². The van der Waals surface area contributed by atoms with Gasteiger partial charge < -0.3 is 14.2 Å². The molecule has 24 heavy (non-hydrogen) atoms. The lowest BCUT2D eigenvalue weighted by atomic mass is 10.1. The first-order chi connectivity index (χ1) is 11.3. The van der Waals surface area contributed by atoms with Crippen LogP contribution in [0.5, 0.6) is 0 Å². The Balaban J connectivity index is 1.55. The molecular formula is C19H27N3O2. The highest BCUT2D eigenvalue weighted by molar-refractivity contribution is 5.80. The fraction of sp³-hybridized carbons (Fsp3) is 0.526. The summed E-state index contributed by atoms with van der Waals surface area (Å²) in [7, 11) is 2.07. The molecule has 2 aromatic rings. The van der Waals surface area contributed by atoms with Crippen LogP contribution in [0.2, 0.25) is 0 Å². The number of nitrogens with zero attached hydrogens (tertiary/aromatic N) is 3. The minimum Gasteiger partial charge on any atom is -0.444 e. The van der Waals surface area contributed by atoms with Crippen molar-refractivity contribution in [1.82, 2.24) is 14.4 Å². The number of carbonyl (C=O) groups excluding carboxylic acids is 1. The summed E-state index contributed by atoms with van der Waals surface area (Å²) < 4.78 is 7.58. The molecule has 1 aromatic carbocycles. The lowest BCUT2D eigenvalue weighted by Crippen LogP contribution is -2.49. The number of fused-ring (bicyclic) bond motifs is 1. The molecule has 5 nitrogen and oxygen atoms in total. The van der Waals surface area contributed by atoms with Crippen molar-refractivity contribution >= 4 is 17.0 Å². The normalized spacial score (nSPS) is 16.6. The average molecular weight is 329 g/mol. The molecule has 0 N–H and O–H groups in total. The first-order valence-electron chi connectivity index (χ1n) is 8.56. The molecule has 1 fully saturated rings. The van der Waals surface area contributed by atoms with Crippen LogP contribution in [0, 0.1) is 0 Å². The molecule has 0 atom stereocenters. The van der Waals surface area contributed by atoms with E-state index in [2.05, 4.69) is 47.0 Å². The van der Waals surface area contributed by atoms with Gasteiger partial charge in [-0.15, -0.1) is 0 Å². The van der Waals surface area contributed by atoms with Crippen LogP contribution in [0.15, 0.2) is 30.5 Å². The van der Waals surface area contributed by atoms with Gasteiger partial charge in [-0.3, -0.25) is 4.90 Å². The van der Waals surface area contributed by atoms with Gasteiger partial charge in [0.2, 0.25) is 0 Å². The number of ether oxygens (including phenoxy) is 1. The van der Waals surface area contributed by atoms with E-state index < -0.39 is 5.60 Å². The van der Waals surface area contributed by atoms with Gasteiger partial charge in [-0.05, 0) is 49.9 Å². The average Bonchev–Trinajstić information content (AvgIpc) is 2.87. The molecule has 0 saturated carbocycles. The SMILES string of the molecule is Cn1ccc2cc(CN3CCN(C(=O)OC(C)(C)C)CC3)ccc21. The number of hydrogen-bond donors (Lipinski definition) is 0. The number of amides is 1. The van der Waals surface area contributed by atoms with Crippen LogP contribution in [0.3, 0.4) is 0 Å². The zero-order chi connectivity index (χ0) is 17.3. The standard InChI is InChI=1S/C19H27N3O2/c1-19(2,3)24-18(23)22-11-9-21(10-12-22)14-15-5-6-17-16(13-15)7-8-20(17)4/h5-8,13H,9-12,14H2,1-4H3. The third kappa shape index (κ3) is 3.90. The summed E-state index contributed by atoms with van der Waals surface area (Å²) in [6.07, 6.45) is 1.89. The molecule has 3 rings (SSSR count). The van der Waals surface area contributed by atoms with Gasteiger partial charge >= 0.3 is 6.09 Å². The highest BCUT2D eigenvalue weighted by atomic mass is 16.6. The molecule has 5 heteroatoms. The summed E-state index contributed by atoms with van der Waals surface area (Å²) in [4.78, 5) is 16.3. The molecule has 2 heterocycles. The number of aryl methyl sites for hydroxylation is 1. The van der Waals surface area contributed by atoms with E-state index in [0.29, 0.717) is 0 Å². The highest BCUT2D eigenvalue weighted by Gasteiger charge is 2.25. The van der Waals surface area contributed by atoms with Gasteiger partial charge in [0.1, 0.15) is 5.60 Å². The second-order valence-corrected chi connectivity index (χ2v) is 7.56. The topological polar surface area (TPSA) is 37.7 Å². The second kappa shape index (κ2) is 6.48. The number of carbonyl (C=O) groups is 1. The lowest BCUT2D eigenvalue weighted by Gasteiger charge is -2.35. The van der Waals surface area contributed by atoms with E-state index in [1.165, 1.54) is 16.5 Å². The monoisotopic (exact) mass is 329 g/mol. The van der Waals surface area contributed by atoms with E-state index in [1.807, 2.05) is 25.7 Å². The molecule has 1 aliphatic rings. The van der Waals surface area contributed by atoms with Crippen molar-refractivity contribution in [3.05, 3.63) is 36.0 Å². The number of hydrogen-bond acceptors (Lipinski definition) is 3. The fourth-order valence-electron chi connectivity index (χ4n) is 3.10. The molecule has 0 unspecified atom stereocenters. The third-order valence-corrected chi connectivity index (χ3v) is 4.38. The van der Waals surface area contributed by atoms with Gasteiger partial charge in [0.05, 0.1) is 0 Å². The van der Waals surface area contributed by atoms with Crippen molar-refractivity contribution in [2.24, 2.45) is 7.05 Å². The Morgan fingerprint density at radius 3 is 2.50 bits per heavy atom. The number of aromatic nitrogens is 1. The third-order valence-electron chi connectivity index (χ3n) is 4.38. The molecule has 0 radical (unpaired) electrons. The highest BCUT2D eigenvalue weighted by Crippen LogP contribution is 2.19. The van der Waals surface area contributed by atoms with E-state index in [-0.39, 0.29) is 6.09 Å². The van der Waals surface area contributed by atoms with Crippen molar-refractivity contribution in [3.8, 4) is 0 Å². The molecule has 0 bridgehead atoms. The number of rotatable bonds is 2. The minimum atomic E-state index is -0.431. The molecule has 130 valence electrons. The van der Waals surface area contributed by atoms with Crippen LogP contribution in [0.25, 0.3) is 10.9 Å². The molecule has 1 aliphatic heterocycles. The Kier molecular flexibility index (Phi) is 4.54. The van der Waals surface area contributed by atoms with Crippen molar-refractivity contribution in [2.75, 3.05) is 26.2 Å². The van der Waals surface area contributed by atoms with Crippen LogP contribution in [-0.2, 0) is 18.3 Å². The van der Waals surface area contributed by atoms with Crippen molar-refractivity contribution < 1.29 is 9.53 Å². The number of piperazine rings is 1. The van der Waals surface area contributed by atoms with Crippen LogP contribution in [0.1, 0.15) is 26.3 Å². The second-order valence-electron chi connectivity index (χ2n) is 7.56. The summed E-state index contributed by atoms with van der Waals surface area (Å²) in [6.45, 7) is 9.85. The van der Waals surface area contributed by atoms with E-state index in [1.54, 1.807) is 0 Å². The predicted octanol–water partition coefficient (Wildman–Crippen LogP) is 3.23. The smallest absolute Gasteiger partial charge is 0.410 e. The first-order valence-corrected chi connectivity index (χ1v) is 8.56. The molecule has 0 aliphatic carbocycles. The van der Waals surface area contributed by atoms with Crippen molar-refractivity contribution in [1.29, 1.82) is 0 Å². The van der Waals surface area contributed by atoms with Gasteiger partial charge in [0, 0.05) is 51.5 Å². The van der Waals surface area contributed by atoms with E-state index in [9.17, 15) is 4.79 Å². The maximum absolute atomic E-state index is 12.1. The Labute approximate surface area is 143 Å². The van der Waals surface area contributed by atoms with Crippen LogP contribution >= 0.6 is 0 Å². The lowest BCUT2D eigenvalue weighted by molar-refractivity contribution is 0.0139. The quantitative estimate of drug-likeness (QED) is 0.849. The van der Waals surface area contributed by atoms with E-state index in [0.717, 1.165) is 32.7 Å². The molecule has 0 spiro atoms. The molecule has 1 amide bonds. The summed E-state index contributed by atoms with van der Waals surface area (Å²) >= 11 is 0. The van der Waals surface area contributed by atoms with Crippen LogP contribution < -0.4 is 0 Å². The first kappa shape index (κ1) is 16.8. The zero-order valence-electron chi connectivity index (χ0n) is 15.1. The van der Waals surface area contributed by atoms with Crippen LogP contribution in [-0.4, -0.2) is 52.2 Å². The fourth-order valence-corrected chi connectivity index (χ4v) is 3.10. The van der Waals surface area contributed by atoms with Gasteiger partial charge in [0.15, 0.2) is 0 Å². The molecular weight excluding hydrogens is 302 g/mol. The van der Waals surface area contributed by atoms with Crippen molar-refractivity contribution in [2.45, 2.75) is 32.9 Å². The Morgan fingerprint density at radius 2 is 1.83 bits per heavy atom. The van der Waals surface area contributed by atoms with E-state index in [4.69, 9.17) is 4.74 Å². The summed E-state index contributed by atoms with van der Waals surface area (Å²) in [5.74, 6) is 0. The minimum absolute atomic E-state index is 0.201. The Hall–Kier alpha value is -2.01. The van der Waals surface area contributed by atoms with Crippen molar-refractivity contribution in [3.63, 3.8) is 0 Å². The van der Waals surface area contributed by atoms with Gasteiger partial charge in [-0.2, -0.15) is 0 Å². The maximum Gasteiger partial charge on any atom is 0.410 e.